The van der Waals surface area contributed by atoms with Crippen molar-refractivity contribution in [3.8, 4) is 5.75 Å². The molecule has 27 heavy (non-hydrogen) atoms. The topological polar surface area (TPSA) is 53.6 Å². The Morgan fingerprint density at radius 3 is 2.70 bits per heavy atom. The van der Waals surface area contributed by atoms with Crippen molar-refractivity contribution in [1.82, 2.24) is 10.2 Å². The molecule has 6 heteroatoms. The maximum atomic E-state index is 12.4. The van der Waals surface area contributed by atoms with E-state index in [-0.39, 0.29) is 18.3 Å². The van der Waals surface area contributed by atoms with Gasteiger partial charge in [-0.15, -0.1) is 12.4 Å². The Balaban J connectivity index is 0.00000261. The normalized spacial score (nSPS) is 17.0. The van der Waals surface area contributed by atoms with Crippen LogP contribution < -0.4 is 15.4 Å². The van der Waals surface area contributed by atoms with E-state index in [9.17, 15) is 4.79 Å². The van der Waals surface area contributed by atoms with Gasteiger partial charge in [0.1, 0.15) is 5.75 Å². The lowest BCUT2D eigenvalue weighted by molar-refractivity contribution is 0.102. The van der Waals surface area contributed by atoms with Crippen LogP contribution in [0.3, 0.4) is 0 Å². The second-order valence-electron chi connectivity index (χ2n) is 6.75. The highest BCUT2D eigenvalue weighted by molar-refractivity contribution is 6.04. The van der Waals surface area contributed by atoms with Crippen LogP contribution in [0.25, 0.3) is 0 Å². The molecule has 1 unspecified atom stereocenters. The highest BCUT2D eigenvalue weighted by Crippen LogP contribution is 2.18. The SMILES string of the molecule is CNC1CCCN(Cc2cccc(NC(=O)c3ccc(OC)cc3)c2)C1.Cl. The molecule has 2 aromatic rings. The van der Waals surface area contributed by atoms with E-state index in [2.05, 4.69) is 27.7 Å². The summed E-state index contributed by atoms with van der Waals surface area (Å²) in [6, 6.07) is 15.8. The first-order valence-electron chi connectivity index (χ1n) is 9.12. The number of rotatable bonds is 6. The van der Waals surface area contributed by atoms with Gasteiger partial charge in [-0.25, -0.2) is 0 Å². The van der Waals surface area contributed by atoms with E-state index in [0.717, 1.165) is 31.1 Å². The van der Waals surface area contributed by atoms with Crippen molar-refractivity contribution >= 4 is 24.0 Å². The third-order valence-electron chi connectivity index (χ3n) is 4.86. The van der Waals surface area contributed by atoms with Crippen molar-refractivity contribution < 1.29 is 9.53 Å². The third kappa shape index (κ3) is 5.96. The molecule has 1 saturated heterocycles. The average molecular weight is 390 g/mol. The highest BCUT2D eigenvalue weighted by atomic mass is 35.5. The van der Waals surface area contributed by atoms with Crippen LogP contribution in [0.1, 0.15) is 28.8 Å². The molecular weight excluding hydrogens is 362 g/mol. The monoisotopic (exact) mass is 389 g/mol. The number of methoxy groups -OCH3 is 1. The molecule has 0 saturated carbocycles. The van der Waals surface area contributed by atoms with Gasteiger partial charge >= 0.3 is 0 Å². The lowest BCUT2D eigenvalue weighted by Gasteiger charge is -2.32. The first kappa shape index (κ1) is 21.2. The van der Waals surface area contributed by atoms with Gasteiger partial charge in [0.05, 0.1) is 7.11 Å². The molecule has 0 aromatic heterocycles. The molecular formula is C21H28ClN3O2. The van der Waals surface area contributed by atoms with Gasteiger partial charge in [-0.2, -0.15) is 0 Å². The Morgan fingerprint density at radius 2 is 2.00 bits per heavy atom. The summed E-state index contributed by atoms with van der Waals surface area (Å²) in [5, 5.41) is 6.36. The van der Waals surface area contributed by atoms with E-state index in [4.69, 9.17) is 4.74 Å². The molecule has 0 radical (unpaired) electrons. The van der Waals surface area contributed by atoms with Gasteiger partial charge in [0.15, 0.2) is 0 Å². The summed E-state index contributed by atoms with van der Waals surface area (Å²) < 4.78 is 5.13. The molecule has 1 amide bonds. The molecule has 3 rings (SSSR count). The largest absolute Gasteiger partial charge is 0.497 e. The smallest absolute Gasteiger partial charge is 0.255 e. The van der Waals surface area contributed by atoms with E-state index in [1.54, 1.807) is 31.4 Å². The molecule has 0 aliphatic carbocycles. The summed E-state index contributed by atoms with van der Waals surface area (Å²) in [4.78, 5) is 14.9. The number of nitrogens with one attached hydrogen (secondary N) is 2. The summed E-state index contributed by atoms with van der Waals surface area (Å²) in [6.45, 7) is 3.10. The minimum absolute atomic E-state index is 0. The number of likely N-dealkylation sites (tertiary alicyclic amines) is 1. The molecule has 0 bridgehead atoms. The van der Waals surface area contributed by atoms with Gasteiger partial charge in [0.2, 0.25) is 0 Å². The van der Waals surface area contributed by atoms with Crippen LogP contribution in [0.2, 0.25) is 0 Å². The maximum Gasteiger partial charge on any atom is 0.255 e. The number of carbonyl (C=O) groups is 1. The van der Waals surface area contributed by atoms with Gasteiger partial charge < -0.3 is 15.4 Å². The molecule has 1 aliphatic heterocycles. The van der Waals surface area contributed by atoms with Crippen molar-refractivity contribution in [2.24, 2.45) is 0 Å². The minimum atomic E-state index is -0.113. The predicted octanol–water partition coefficient (Wildman–Crippen LogP) is 3.55. The highest BCUT2D eigenvalue weighted by Gasteiger charge is 2.18. The Hall–Kier alpha value is -2.08. The number of hydrogen-bond acceptors (Lipinski definition) is 4. The molecule has 146 valence electrons. The Kier molecular flexibility index (Phi) is 8.10. The Labute approximate surface area is 167 Å². The van der Waals surface area contributed by atoms with Crippen LogP contribution >= 0.6 is 12.4 Å². The van der Waals surface area contributed by atoms with Gasteiger partial charge in [-0.3, -0.25) is 9.69 Å². The number of hydrogen-bond donors (Lipinski definition) is 2. The number of nitrogens with zero attached hydrogens (tertiary/aromatic N) is 1. The van der Waals surface area contributed by atoms with Crippen LogP contribution in [-0.4, -0.2) is 44.1 Å². The van der Waals surface area contributed by atoms with Gasteiger partial charge in [-0.1, -0.05) is 12.1 Å². The molecule has 1 atom stereocenters. The first-order chi connectivity index (χ1) is 12.7. The van der Waals surface area contributed by atoms with Crippen molar-refractivity contribution in [1.29, 1.82) is 0 Å². The van der Waals surface area contributed by atoms with Crippen LogP contribution in [0.5, 0.6) is 5.75 Å². The number of piperidine rings is 1. The molecule has 1 fully saturated rings. The van der Waals surface area contributed by atoms with Gasteiger partial charge in [-0.05, 0) is 68.4 Å². The lowest BCUT2D eigenvalue weighted by atomic mass is 10.0. The number of carbonyl (C=O) groups excluding carboxylic acids is 1. The predicted molar refractivity (Wildman–Crippen MR) is 112 cm³/mol. The number of anilines is 1. The van der Waals surface area contributed by atoms with Gasteiger partial charge in [0, 0.05) is 30.4 Å². The molecule has 2 N–H and O–H groups in total. The number of amides is 1. The van der Waals surface area contributed by atoms with Gasteiger partial charge in [0.25, 0.3) is 5.91 Å². The van der Waals surface area contributed by atoms with E-state index in [1.807, 2.05) is 19.2 Å². The molecule has 5 nitrogen and oxygen atoms in total. The van der Waals surface area contributed by atoms with Crippen molar-refractivity contribution in [3.05, 3.63) is 59.7 Å². The fourth-order valence-electron chi connectivity index (χ4n) is 3.39. The zero-order valence-electron chi connectivity index (χ0n) is 15.9. The summed E-state index contributed by atoms with van der Waals surface area (Å²) in [5.74, 6) is 0.628. The quantitative estimate of drug-likeness (QED) is 0.793. The van der Waals surface area contributed by atoms with E-state index >= 15 is 0 Å². The number of benzene rings is 2. The van der Waals surface area contributed by atoms with E-state index < -0.39 is 0 Å². The Bertz CT molecular complexity index is 736. The third-order valence-corrected chi connectivity index (χ3v) is 4.86. The van der Waals surface area contributed by atoms with Crippen molar-refractivity contribution in [2.75, 3.05) is 32.6 Å². The van der Waals surface area contributed by atoms with Crippen molar-refractivity contribution in [3.63, 3.8) is 0 Å². The summed E-state index contributed by atoms with van der Waals surface area (Å²) >= 11 is 0. The molecule has 1 heterocycles. The standard InChI is InChI=1S/C21H27N3O2.ClH/c1-22-19-7-4-12-24(15-19)14-16-5-3-6-18(13-16)23-21(25)17-8-10-20(26-2)11-9-17;/h3,5-6,8-11,13,19,22H,4,7,12,14-15H2,1-2H3,(H,23,25);1H. The van der Waals surface area contributed by atoms with Crippen LogP contribution in [0.15, 0.2) is 48.5 Å². The van der Waals surface area contributed by atoms with Crippen LogP contribution in [-0.2, 0) is 6.54 Å². The van der Waals surface area contributed by atoms with Crippen LogP contribution in [0.4, 0.5) is 5.69 Å². The molecule has 1 aliphatic rings. The summed E-state index contributed by atoms with van der Waals surface area (Å²) in [6.07, 6.45) is 2.46. The summed E-state index contributed by atoms with van der Waals surface area (Å²) in [7, 11) is 3.64. The Morgan fingerprint density at radius 1 is 1.22 bits per heavy atom. The number of ether oxygens (including phenoxy) is 1. The van der Waals surface area contributed by atoms with Crippen molar-refractivity contribution in [2.45, 2.75) is 25.4 Å². The number of halogens is 1. The lowest BCUT2D eigenvalue weighted by Crippen LogP contribution is -2.43. The zero-order valence-corrected chi connectivity index (χ0v) is 16.7. The fraction of sp³-hybridized carbons (Fsp3) is 0.381. The summed E-state index contributed by atoms with van der Waals surface area (Å²) in [5.41, 5.74) is 2.66. The second-order valence-corrected chi connectivity index (χ2v) is 6.75. The minimum Gasteiger partial charge on any atom is -0.497 e. The zero-order chi connectivity index (χ0) is 18.4. The molecule has 2 aromatic carbocycles. The first-order valence-corrected chi connectivity index (χ1v) is 9.12. The number of likely N-dealkylation sites (N-methyl/N-ethyl adjacent to an activating group) is 1. The van der Waals surface area contributed by atoms with E-state index in [0.29, 0.717) is 11.6 Å². The van der Waals surface area contributed by atoms with E-state index in [1.165, 1.54) is 18.4 Å². The average Bonchev–Trinajstić information content (AvgIpc) is 2.68. The fourth-order valence-corrected chi connectivity index (χ4v) is 3.39. The second kappa shape index (κ2) is 10.3. The maximum absolute atomic E-state index is 12.4. The molecule has 0 spiro atoms. The van der Waals surface area contributed by atoms with Crippen LogP contribution in [0, 0.1) is 0 Å².